The van der Waals surface area contributed by atoms with E-state index in [0.29, 0.717) is 13.0 Å². The molecule has 5 rings (SSSR count). The molecule has 1 amide bonds. The van der Waals surface area contributed by atoms with Crippen LogP contribution in [0.2, 0.25) is 0 Å². The van der Waals surface area contributed by atoms with Gasteiger partial charge in [0.15, 0.2) is 0 Å². The molecule has 0 bridgehead atoms. The van der Waals surface area contributed by atoms with Gasteiger partial charge in [0.1, 0.15) is 11.5 Å². The van der Waals surface area contributed by atoms with Crippen molar-refractivity contribution in [2.24, 2.45) is 0 Å². The SMILES string of the molecule is COc1ccc(Cn2cc([C@@H](CC(=O)NCCN3CCOCC3)c3ccc(OC)cc3)c3ccccc32)cc1. The number of carbonyl (C=O) groups excluding carboxylic acids is 1. The molecule has 1 atom stereocenters. The number of methoxy groups -OCH3 is 2. The smallest absolute Gasteiger partial charge is 0.220 e. The van der Waals surface area contributed by atoms with E-state index >= 15 is 0 Å². The predicted octanol–water partition coefficient (Wildman–Crippen LogP) is 4.68. The van der Waals surface area contributed by atoms with Crippen LogP contribution in [0.15, 0.2) is 79.0 Å². The summed E-state index contributed by atoms with van der Waals surface area (Å²) in [5, 5.41) is 4.32. The number of para-hydroxylation sites is 1. The summed E-state index contributed by atoms with van der Waals surface area (Å²) >= 11 is 0. The highest BCUT2D eigenvalue weighted by Crippen LogP contribution is 2.36. The van der Waals surface area contributed by atoms with Crippen LogP contribution in [-0.2, 0) is 16.1 Å². The number of hydrogen-bond donors (Lipinski definition) is 1. The highest BCUT2D eigenvalue weighted by atomic mass is 16.5. The van der Waals surface area contributed by atoms with Crippen LogP contribution in [-0.4, -0.2) is 69.0 Å². The van der Waals surface area contributed by atoms with Crippen LogP contribution in [0, 0.1) is 0 Å². The van der Waals surface area contributed by atoms with Crippen LogP contribution in [0.3, 0.4) is 0 Å². The molecule has 1 fully saturated rings. The highest BCUT2D eigenvalue weighted by molar-refractivity contribution is 5.86. The van der Waals surface area contributed by atoms with Crippen molar-refractivity contribution in [1.82, 2.24) is 14.8 Å². The number of nitrogens with zero attached hydrogens (tertiary/aromatic N) is 2. The average Bonchev–Trinajstić information content (AvgIpc) is 3.35. The van der Waals surface area contributed by atoms with Crippen LogP contribution in [0.5, 0.6) is 11.5 Å². The summed E-state index contributed by atoms with van der Waals surface area (Å²) < 4.78 is 18.4. The zero-order valence-electron chi connectivity index (χ0n) is 22.8. The molecular weight excluding hydrogens is 490 g/mol. The molecule has 0 aliphatic carbocycles. The van der Waals surface area contributed by atoms with Crippen molar-refractivity contribution in [1.29, 1.82) is 0 Å². The molecule has 204 valence electrons. The van der Waals surface area contributed by atoms with Crippen molar-refractivity contribution in [3.05, 3.63) is 95.7 Å². The number of morpholine rings is 1. The van der Waals surface area contributed by atoms with Crippen molar-refractivity contribution in [3.8, 4) is 11.5 Å². The second-order valence-electron chi connectivity index (χ2n) is 9.91. The number of fused-ring (bicyclic) bond motifs is 1. The van der Waals surface area contributed by atoms with E-state index in [1.54, 1.807) is 14.2 Å². The van der Waals surface area contributed by atoms with Crippen molar-refractivity contribution in [2.75, 3.05) is 53.6 Å². The second kappa shape index (κ2) is 12.8. The molecule has 39 heavy (non-hydrogen) atoms. The number of hydrogen-bond acceptors (Lipinski definition) is 5. The Morgan fingerprint density at radius 2 is 1.59 bits per heavy atom. The molecular formula is C32H37N3O4. The minimum absolute atomic E-state index is 0.0519. The van der Waals surface area contributed by atoms with Crippen LogP contribution in [0.1, 0.15) is 29.0 Å². The van der Waals surface area contributed by atoms with Crippen LogP contribution < -0.4 is 14.8 Å². The third-order valence-electron chi connectivity index (χ3n) is 7.47. The minimum atomic E-state index is -0.0960. The van der Waals surface area contributed by atoms with E-state index in [4.69, 9.17) is 14.2 Å². The first-order valence-electron chi connectivity index (χ1n) is 13.6. The van der Waals surface area contributed by atoms with Crippen molar-refractivity contribution in [3.63, 3.8) is 0 Å². The molecule has 0 radical (unpaired) electrons. The topological polar surface area (TPSA) is 65.0 Å². The number of carbonyl (C=O) groups is 1. The lowest BCUT2D eigenvalue weighted by Gasteiger charge is -2.26. The first-order chi connectivity index (χ1) is 19.1. The summed E-state index contributed by atoms with van der Waals surface area (Å²) in [7, 11) is 3.35. The van der Waals surface area contributed by atoms with Gasteiger partial charge in [-0.2, -0.15) is 0 Å². The Morgan fingerprint density at radius 3 is 2.28 bits per heavy atom. The molecule has 1 aliphatic rings. The largest absolute Gasteiger partial charge is 0.497 e. The quantitative estimate of drug-likeness (QED) is 0.307. The molecule has 1 aliphatic heterocycles. The monoisotopic (exact) mass is 527 g/mol. The Balaban J connectivity index is 1.41. The molecule has 0 spiro atoms. The van der Waals surface area contributed by atoms with E-state index < -0.39 is 0 Å². The maximum Gasteiger partial charge on any atom is 0.220 e. The van der Waals surface area contributed by atoms with Gasteiger partial charge in [-0.1, -0.05) is 42.5 Å². The lowest BCUT2D eigenvalue weighted by atomic mass is 9.88. The van der Waals surface area contributed by atoms with E-state index in [1.165, 1.54) is 5.56 Å². The summed E-state index contributed by atoms with van der Waals surface area (Å²) in [5.41, 5.74) is 4.57. The lowest BCUT2D eigenvalue weighted by molar-refractivity contribution is -0.121. The number of amides is 1. The molecule has 4 aromatic rings. The number of benzene rings is 3. The number of nitrogens with one attached hydrogen (secondary N) is 1. The average molecular weight is 528 g/mol. The molecule has 1 aromatic heterocycles. The van der Waals surface area contributed by atoms with Gasteiger partial charge >= 0.3 is 0 Å². The van der Waals surface area contributed by atoms with Gasteiger partial charge in [0.2, 0.25) is 5.91 Å². The fraction of sp³-hybridized carbons (Fsp3) is 0.344. The van der Waals surface area contributed by atoms with Gasteiger partial charge in [0.25, 0.3) is 0 Å². The Labute approximate surface area is 230 Å². The third kappa shape index (κ3) is 6.61. The van der Waals surface area contributed by atoms with Gasteiger partial charge in [-0.25, -0.2) is 0 Å². The number of rotatable bonds is 11. The van der Waals surface area contributed by atoms with Crippen LogP contribution in [0.4, 0.5) is 0 Å². The fourth-order valence-electron chi connectivity index (χ4n) is 5.29. The molecule has 0 saturated carbocycles. The molecule has 1 N–H and O–H groups in total. The van der Waals surface area contributed by atoms with Crippen LogP contribution in [0.25, 0.3) is 10.9 Å². The highest BCUT2D eigenvalue weighted by Gasteiger charge is 2.23. The molecule has 7 heteroatoms. The fourth-order valence-corrected chi connectivity index (χ4v) is 5.29. The Morgan fingerprint density at radius 1 is 0.923 bits per heavy atom. The number of aromatic nitrogens is 1. The summed E-state index contributed by atoms with van der Waals surface area (Å²) in [4.78, 5) is 15.6. The van der Waals surface area contributed by atoms with E-state index in [9.17, 15) is 4.79 Å². The van der Waals surface area contributed by atoms with Crippen LogP contribution >= 0.6 is 0 Å². The second-order valence-corrected chi connectivity index (χ2v) is 9.91. The molecule has 3 aromatic carbocycles. The molecule has 7 nitrogen and oxygen atoms in total. The zero-order valence-corrected chi connectivity index (χ0v) is 22.8. The first-order valence-corrected chi connectivity index (χ1v) is 13.6. The van der Waals surface area contributed by atoms with Gasteiger partial charge in [-0.3, -0.25) is 9.69 Å². The van der Waals surface area contributed by atoms with Gasteiger partial charge < -0.3 is 24.1 Å². The number of ether oxygens (including phenoxy) is 3. The molecule has 1 saturated heterocycles. The van der Waals surface area contributed by atoms with E-state index in [2.05, 4.69) is 69.5 Å². The lowest BCUT2D eigenvalue weighted by Crippen LogP contribution is -2.41. The Bertz CT molecular complexity index is 1360. The first kappa shape index (κ1) is 26.8. The van der Waals surface area contributed by atoms with E-state index in [-0.39, 0.29) is 11.8 Å². The third-order valence-corrected chi connectivity index (χ3v) is 7.47. The standard InChI is InChI=1S/C32H37N3O4/c1-37-26-11-7-24(8-12-26)22-35-23-30(28-5-3-4-6-31(28)35)29(25-9-13-27(38-2)14-10-25)21-32(36)33-15-16-34-17-19-39-20-18-34/h3-14,23,29H,15-22H2,1-2H3,(H,33,36)/t29-/m0/s1. The maximum atomic E-state index is 13.3. The zero-order chi connectivity index (χ0) is 27.0. The van der Waals surface area contributed by atoms with Gasteiger partial charge in [0, 0.05) is 62.2 Å². The maximum absolute atomic E-state index is 13.3. The summed E-state index contributed by atoms with van der Waals surface area (Å²) in [6.07, 6.45) is 2.58. The Kier molecular flexibility index (Phi) is 8.81. The minimum Gasteiger partial charge on any atom is -0.497 e. The Hall–Kier alpha value is -3.81. The molecule has 0 unspecified atom stereocenters. The van der Waals surface area contributed by atoms with Crippen molar-refractivity contribution >= 4 is 16.8 Å². The predicted molar refractivity (Wildman–Crippen MR) is 154 cm³/mol. The van der Waals surface area contributed by atoms with Gasteiger partial charge in [0.05, 0.1) is 27.4 Å². The van der Waals surface area contributed by atoms with Gasteiger partial charge in [-0.05, 0) is 47.0 Å². The summed E-state index contributed by atoms with van der Waals surface area (Å²) in [6.45, 7) is 5.54. The summed E-state index contributed by atoms with van der Waals surface area (Å²) in [6, 6.07) is 24.7. The van der Waals surface area contributed by atoms with E-state index in [0.717, 1.165) is 72.9 Å². The van der Waals surface area contributed by atoms with Crippen molar-refractivity contribution in [2.45, 2.75) is 18.9 Å². The van der Waals surface area contributed by atoms with Gasteiger partial charge in [-0.15, -0.1) is 0 Å². The van der Waals surface area contributed by atoms with E-state index in [1.807, 2.05) is 24.3 Å². The van der Waals surface area contributed by atoms with Crippen molar-refractivity contribution < 1.29 is 19.0 Å². The summed E-state index contributed by atoms with van der Waals surface area (Å²) in [5.74, 6) is 1.60. The molecule has 2 heterocycles. The normalized spacial score (nSPS) is 14.7.